The molecule has 1 heterocycles. The summed E-state index contributed by atoms with van der Waals surface area (Å²) < 4.78 is 5.68. The highest BCUT2D eigenvalue weighted by Crippen LogP contribution is 2.34. The van der Waals surface area contributed by atoms with Crippen LogP contribution in [0.4, 0.5) is 17.1 Å². The van der Waals surface area contributed by atoms with Gasteiger partial charge >= 0.3 is 0 Å². The van der Waals surface area contributed by atoms with Crippen molar-refractivity contribution in [3.8, 4) is 5.75 Å². The van der Waals surface area contributed by atoms with E-state index < -0.39 is 11.8 Å². The molecular weight excluding hydrogens is 430 g/mol. The van der Waals surface area contributed by atoms with E-state index in [1.54, 1.807) is 72.8 Å². The van der Waals surface area contributed by atoms with E-state index in [-0.39, 0.29) is 23.3 Å². The fourth-order valence-electron chi connectivity index (χ4n) is 3.68. The lowest BCUT2D eigenvalue weighted by Crippen LogP contribution is -2.32. The van der Waals surface area contributed by atoms with E-state index in [0.29, 0.717) is 28.4 Å². The Balaban J connectivity index is 1.72. The average Bonchev–Trinajstić information content (AvgIpc) is 3.05. The van der Waals surface area contributed by atoms with Crippen LogP contribution in [0.3, 0.4) is 0 Å². The summed E-state index contributed by atoms with van der Waals surface area (Å²) in [4.78, 5) is 39.4. The van der Waals surface area contributed by atoms with Gasteiger partial charge in [0.1, 0.15) is 11.4 Å². The molecule has 0 aromatic heterocycles. The molecule has 0 atom stereocenters. The molecular formula is C27H25N3O4. The third kappa shape index (κ3) is 4.83. The summed E-state index contributed by atoms with van der Waals surface area (Å²) in [5, 5.41) is 5.84. The summed E-state index contributed by atoms with van der Waals surface area (Å²) >= 11 is 0. The predicted molar refractivity (Wildman–Crippen MR) is 132 cm³/mol. The van der Waals surface area contributed by atoms with Crippen LogP contribution in [0, 0.1) is 0 Å². The number of amides is 3. The first-order valence-electron chi connectivity index (χ1n) is 10.9. The standard InChI is InChI=1S/C27H25N3O4/c1-17(2)34-23-15-13-21(14-16-23)29-25-24(19-9-11-20(12-10-19)28-18(3)31)26(32)30(27(25)33)22-7-5-4-6-8-22/h4-17,29H,1-3H3,(H,28,31). The molecule has 34 heavy (non-hydrogen) atoms. The van der Waals surface area contributed by atoms with Gasteiger partial charge in [0.15, 0.2) is 0 Å². The van der Waals surface area contributed by atoms with Gasteiger partial charge in [0.05, 0.1) is 17.4 Å². The van der Waals surface area contributed by atoms with Crippen molar-refractivity contribution in [1.82, 2.24) is 0 Å². The zero-order chi connectivity index (χ0) is 24.2. The van der Waals surface area contributed by atoms with Crippen LogP contribution in [-0.2, 0) is 14.4 Å². The van der Waals surface area contributed by atoms with Crippen molar-refractivity contribution in [1.29, 1.82) is 0 Å². The van der Waals surface area contributed by atoms with Gasteiger partial charge in [0.2, 0.25) is 5.91 Å². The Morgan fingerprint density at radius 3 is 2.03 bits per heavy atom. The van der Waals surface area contributed by atoms with Gasteiger partial charge in [0.25, 0.3) is 11.8 Å². The number of anilines is 3. The molecule has 2 N–H and O–H groups in total. The summed E-state index contributed by atoms with van der Waals surface area (Å²) in [7, 11) is 0. The summed E-state index contributed by atoms with van der Waals surface area (Å²) in [6.45, 7) is 5.32. The molecule has 0 fully saturated rings. The number of benzene rings is 3. The van der Waals surface area contributed by atoms with E-state index >= 15 is 0 Å². The Morgan fingerprint density at radius 2 is 1.44 bits per heavy atom. The second-order valence-electron chi connectivity index (χ2n) is 8.11. The Morgan fingerprint density at radius 1 is 0.824 bits per heavy atom. The number of imide groups is 1. The fraction of sp³-hybridized carbons (Fsp3) is 0.148. The number of rotatable bonds is 7. The van der Waals surface area contributed by atoms with E-state index in [2.05, 4.69) is 10.6 Å². The predicted octanol–water partition coefficient (Wildman–Crippen LogP) is 4.83. The van der Waals surface area contributed by atoms with Crippen molar-refractivity contribution in [3.63, 3.8) is 0 Å². The minimum Gasteiger partial charge on any atom is -0.491 e. The van der Waals surface area contributed by atoms with Crippen molar-refractivity contribution in [2.24, 2.45) is 0 Å². The maximum atomic E-state index is 13.5. The van der Waals surface area contributed by atoms with Gasteiger partial charge in [-0.15, -0.1) is 0 Å². The Bertz CT molecular complexity index is 1250. The van der Waals surface area contributed by atoms with Gasteiger partial charge in [0, 0.05) is 18.3 Å². The molecule has 7 nitrogen and oxygen atoms in total. The summed E-state index contributed by atoms with van der Waals surface area (Å²) in [6, 6.07) is 22.8. The number of nitrogens with one attached hydrogen (secondary N) is 2. The number of carbonyl (C=O) groups excluding carboxylic acids is 3. The maximum Gasteiger partial charge on any atom is 0.282 e. The van der Waals surface area contributed by atoms with Crippen molar-refractivity contribution < 1.29 is 19.1 Å². The van der Waals surface area contributed by atoms with Crippen molar-refractivity contribution in [2.75, 3.05) is 15.5 Å². The molecule has 3 aromatic rings. The van der Waals surface area contributed by atoms with Crippen LogP contribution >= 0.6 is 0 Å². The molecule has 0 radical (unpaired) electrons. The van der Waals surface area contributed by atoms with Crippen molar-refractivity contribution in [2.45, 2.75) is 26.9 Å². The lowest BCUT2D eigenvalue weighted by atomic mass is 10.0. The van der Waals surface area contributed by atoms with Gasteiger partial charge < -0.3 is 15.4 Å². The van der Waals surface area contributed by atoms with Crippen LogP contribution in [0.2, 0.25) is 0 Å². The van der Waals surface area contributed by atoms with Crippen LogP contribution in [0.25, 0.3) is 5.57 Å². The highest BCUT2D eigenvalue weighted by Gasteiger charge is 2.40. The largest absolute Gasteiger partial charge is 0.491 e. The van der Waals surface area contributed by atoms with Crippen LogP contribution < -0.4 is 20.3 Å². The quantitative estimate of drug-likeness (QED) is 0.499. The fourth-order valence-corrected chi connectivity index (χ4v) is 3.68. The topological polar surface area (TPSA) is 87.7 Å². The number of carbonyl (C=O) groups is 3. The second-order valence-corrected chi connectivity index (χ2v) is 8.11. The van der Waals surface area contributed by atoms with Crippen LogP contribution in [-0.4, -0.2) is 23.8 Å². The molecule has 0 saturated carbocycles. The SMILES string of the molecule is CC(=O)Nc1ccc(C2=C(Nc3ccc(OC(C)C)cc3)C(=O)N(c3ccccc3)C2=O)cc1. The minimum absolute atomic E-state index is 0.0436. The number of ether oxygens (including phenoxy) is 1. The van der Waals surface area contributed by atoms with Gasteiger partial charge in [-0.25, -0.2) is 4.90 Å². The number of para-hydroxylation sites is 1. The van der Waals surface area contributed by atoms with Crippen LogP contribution in [0.5, 0.6) is 5.75 Å². The third-order valence-electron chi connectivity index (χ3n) is 5.09. The zero-order valence-electron chi connectivity index (χ0n) is 19.2. The molecule has 4 rings (SSSR count). The Labute approximate surface area is 198 Å². The van der Waals surface area contributed by atoms with Crippen LogP contribution in [0.15, 0.2) is 84.6 Å². The first-order valence-corrected chi connectivity index (χ1v) is 10.9. The first kappa shape index (κ1) is 22.8. The van der Waals surface area contributed by atoms with E-state index in [1.165, 1.54) is 6.92 Å². The smallest absolute Gasteiger partial charge is 0.282 e. The number of hydrogen-bond acceptors (Lipinski definition) is 5. The molecule has 1 aliphatic rings. The molecule has 172 valence electrons. The molecule has 0 saturated heterocycles. The Hall–Kier alpha value is -4.39. The third-order valence-corrected chi connectivity index (χ3v) is 5.09. The number of hydrogen-bond donors (Lipinski definition) is 2. The monoisotopic (exact) mass is 455 g/mol. The molecule has 1 aliphatic heterocycles. The maximum absolute atomic E-state index is 13.5. The lowest BCUT2D eigenvalue weighted by Gasteiger charge is -2.15. The van der Waals surface area contributed by atoms with Gasteiger partial charge in [-0.2, -0.15) is 0 Å². The lowest BCUT2D eigenvalue weighted by molar-refractivity contribution is -0.120. The van der Waals surface area contributed by atoms with E-state index in [0.717, 1.165) is 4.90 Å². The molecule has 3 amide bonds. The number of nitrogens with zero attached hydrogens (tertiary/aromatic N) is 1. The first-order chi connectivity index (χ1) is 16.3. The summed E-state index contributed by atoms with van der Waals surface area (Å²) in [5.41, 5.74) is 2.73. The van der Waals surface area contributed by atoms with Crippen LogP contribution in [0.1, 0.15) is 26.3 Å². The minimum atomic E-state index is -0.445. The van der Waals surface area contributed by atoms with E-state index in [4.69, 9.17) is 4.74 Å². The average molecular weight is 456 g/mol. The van der Waals surface area contributed by atoms with E-state index in [1.807, 2.05) is 19.9 Å². The highest BCUT2D eigenvalue weighted by atomic mass is 16.5. The molecule has 0 bridgehead atoms. The van der Waals surface area contributed by atoms with E-state index in [9.17, 15) is 14.4 Å². The highest BCUT2D eigenvalue weighted by molar-refractivity contribution is 6.46. The molecule has 0 unspecified atom stereocenters. The molecule has 7 heteroatoms. The molecule has 0 aliphatic carbocycles. The normalized spacial score (nSPS) is 13.5. The molecule has 0 spiro atoms. The summed E-state index contributed by atoms with van der Waals surface area (Å²) in [5.74, 6) is -0.352. The van der Waals surface area contributed by atoms with Gasteiger partial charge in [-0.1, -0.05) is 30.3 Å². The van der Waals surface area contributed by atoms with Crippen molar-refractivity contribution in [3.05, 3.63) is 90.1 Å². The zero-order valence-corrected chi connectivity index (χ0v) is 19.2. The van der Waals surface area contributed by atoms with Crippen molar-refractivity contribution >= 4 is 40.4 Å². The molecule has 3 aromatic carbocycles. The summed E-state index contributed by atoms with van der Waals surface area (Å²) in [6.07, 6.45) is 0.0436. The Kier molecular flexibility index (Phi) is 6.45. The second kappa shape index (κ2) is 9.62. The van der Waals surface area contributed by atoms with Gasteiger partial charge in [-0.3, -0.25) is 14.4 Å². The van der Waals surface area contributed by atoms with Gasteiger partial charge in [-0.05, 0) is 67.9 Å².